The number of allylic oxidation sites excluding steroid dienone is 3. The highest BCUT2D eigenvalue weighted by molar-refractivity contribution is 6.11. The fraction of sp³-hybridized carbons (Fsp3) is 0.393. The van der Waals surface area contributed by atoms with Crippen LogP contribution in [0.25, 0.3) is 10.9 Å². The number of aryl methyl sites for hydroxylation is 1. The van der Waals surface area contributed by atoms with Gasteiger partial charge in [0.2, 0.25) is 0 Å². The van der Waals surface area contributed by atoms with Crippen LogP contribution in [0.1, 0.15) is 49.1 Å². The van der Waals surface area contributed by atoms with Crippen molar-refractivity contribution in [2.75, 3.05) is 0 Å². The molecule has 188 valence electrons. The Balaban J connectivity index is 1.56. The summed E-state index contributed by atoms with van der Waals surface area (Å²) in [5, 5.41) is 9.71. The van der Waals surface area contributed by atoms with E-state index in [9.17, 15) is 14.0 Å². The third kappa shape index (κ3) is 3.89. The molecule has 3 aromatic rings. The van der Waals surface area contributed by atoms with Gasteiger partial charge in [-0.05, 0) is 55.9 Å². The van der Waals surface area contributed by atoms with E-state index in [4.69, 9.17) is 5.21 Å². The number of aromatic nitrogens is 3. The smallest absolute Gasteiger partial charge is 0.253 e. The average molecular weight is 491 g/mol. The van der Waals surface area contributed by atoms with Crippen molar-refractivity contribution in [2.24, 2.45) is 16.7 Å². The Morgan fingerprint density at radius 1 is 1.31 bits per heavy atom. The zero-order chi connectivity index (χ0) is 25.8. The van der Waals surface area contributed by atoms with Gasteiger partial charge >= 0.3 is 0 Å². The van der Waals surface area contributed by atoms with Gasteiger partial charge in [0, 0.05) is 53.6 Å². The Kier molecular flexibility index (Phi) is 5.75. The number of benzene rings is 1. The topological polar surface area (TPSA) is 89.2 Å². The van der Waals surface area contributed by atoms with Crippen molar-refractivity contribution in [3.63, 3.8) is 0 Å². The van der Waals surface area contributed by atoms with Crippen molar-refractivity contribution in [1.82, 2.24) is 19.6 Å². The van der Waals surface area contributed by atoms with Crippen molar-refractivity contribution >= 4 is 22.6 Å². The van der Waals surface area contributed by atoms with E-state index in [1.807, 2.05) is 29.8 Å². The summed E-state index contributed by atoms with van der Waals surface area (Å²) >= 11 is 0. The predicted molar refractivity (Wildman–Crippen MR) is 134 cm³/mol. The fourth-order valence-corrected chi connectivity index (χ4v) is 5.59. The van der Waals surface area contributed by atoms with Crippen LogP contribution in [0.5, 0.6) is 0 Å². The summed E-state index contributed by atoms with van der Waals surface area (Å²) in [5.41, 5.74) is 3.93. The maximum absolute atomic E-state index is 14.4. The molecule has 0 spiro atoms. The first-order valence-corrected chi connectivity index (χ1v) is 12.2. The average Bonchev–Trinajstić information content (AvgIpc) is 3.37. The molecule has 0 aliphatic heterocycles. The van der Waals surface area contributed by atoms with Crippen LogP contribution < -0.4 is 5.48 Å². The van der Waals surface area contributed by atoms with Gasteiger partial charge in [-0.15, -0.1) is 0 Å². The van der Waals surface area contributed by atoms with Gasteiger partial charge in [0.15, 0.2) is 5.78 Å². The van der Waals surface area contributed by atoms with Gasteiger partial charge in [0.05, 0.1) is 5.41 Å². The molecule has 0 saturated heterocycles. The first-order chi connectivity index (χ1) is 17.0. The number of ketones is 1. The number of carbonyl (C=O) groups excluding carboxylic acids is 2. The molecule has 2 aliphatic rings. The Hall–Kier alpha value is -3.52. The summed E-state index contributed by atoms with van der Waals surface area (Å²) in [4.78, 5) is 30.4. The quantitative estimate of drug-likeness (QED) is 0.399. The van der Waals surface area contributed by atoms with Crippen molar-refractivity contribution in [3.05, 3.63) is 77.3 Å². The number of carbonyl (C=O) groups is 2. The number of fused-ring (bicyclic) bond motifs is 3. The summed E-state index contributed by atoms with van der Waals surface area (Å²) in [6, 6.07) is 4.64. The summed E-state index contributed by atoms with van der Waals surface area (Å²) in [7, 11) is 0. The van der Waals surface area contributed by atoms with Crippen LogP contribution in [0, 0.1) is 29.5 Å². The molecule has 0 fully saturated rings. The lowest BCUT2D eigenvalue weighted by Crippen LogP contribution is -2.41. The molecule has 1 aromatic carbocycles. The van der Waals surface area contributed by atoms with Crippen molar-refractivity contribution < 1.29 is 19.2 Å². The number of amides is 1. The van der Waals surface area contributed by atoms with Gasteiger partial charge in [-0.2, -0.15) is 0 Å². The third-order valence-corrected chi connectivity index (χ3v) is 7.98. The number of rotatable bonds is 5. The Morgan fingerprint density at radius 3 is 2.72 bits per heavy atom. The van der Waals surface area contributed by atoms with E-state index in [2.05, 4.69) is 23.4 Å². The summed E-state index contributed by atoms with van der Waals surface area (Å²) < 4.78 is 18.5. The lowest BCUT2D eigenvalue weighted by Gasteiger charge is -2.38. The van der Waals surface area contributed by atoms with Crippen LogP contribution in [0.3, 0.4) is 0 Å². The molecule has 2 aliphatic carbocycles. The normalized spacial score (nSPS) is 23.0. The minimum absolute atomic E-state index is 0.0315. The molecule has 1 amide bonds. The second-order valence-corrected chi connectivity index (χ2v) is 11.0. The predicted octanol–water partition coefficient (Wildman–Crippen LogP) is 4.76. The molecule has 5 rings (SSSR count). The molecule has 0 saturated carbocycles. The van der Waals surface area contributed by atoms with Crippen LogP contribution in [-0.2, 0) is 24.3 Å². The van der Waals surface area contributed by atoms with Gasteiger partial charge in [0.1, 0.15) is 11.6 Å². The minimum Gasteiger partial charge on any atom is -0.339 e. The second-order valence-electron chi connectivity index (χ2n) is 11.0. The minimum atomic E-state index is -0.823. The molecule has 0 radical (unpaired) electrons. The molecule has 0 bridgehead atoms. The van der Waals surface area contributed by atoms with E-state index in [1.54, 1.807) is 30.7 Å². The van der Waals surface area contributed by atoms with E-state index in [1.165, 1.54) is 12.1 Å². The first kappa shape index (κ1) is 24.2. The van der Waals surface area contributed by atoms with Crippen molar-refractivity contribution in [3.8, 4) is 0 Å². The number of halogens is 1. The van der Waals surface area contributed by atoms with Gasteiger partial charge < -0.3 is 9.13 Å². The molecule has 2 aromatic heterocycles. The fourth-order valence-electron chi connectivity index (χ4n) is 5.59. The number of hydroxylamine groups is 1. The van der Waals surface area contributed by atoms with Gasteiger partial charge in [-0.25, -0.2) is 14.9 Å². The monoisotopic (exact) mass is 490 g/mol. The van der Waals surface area contributed by atoms with Gasteiger partial charge in [-0.3, -0.25) is 14.8 Å². The molecule has 2 atom stereocenters. The molecule has 8 heteroatoms. The number of hydrogen-bond acceptors (Lipinski definition) is 4. The number of nitrogens with zero attached hydrogens (tertiary/aromatic N) is 3. The van der Waals surface area contributed by atoms with Crippen molar-refractivity contribution in [1.29, 1.82) is 0 Å². The molecule has 36 heavy (non-hydrogen) atoms. The lowest BCUT2D eigenvalue weighted by molar-refractivity contribution is -0.136. The maximum atomic E-state index is 14.4. The van der Waals surface area contributed by atoms with Crippen LogP contribution >= 0.6 is 0 Å². The molecule has 2 heterocycles. The van der Waals surface area contributed by atoms with E-state index >= 15 is 0 Å². The number of Topliss-reactive ketones (excluding diaryl/α,β-unsaturated/α-hetero) is 1. The number of hydrogen-bond donors (Lipinski definition) is 2. The molecule has 2 N–H and O–H groups in total. The molecule has 7 nitrogen and oxygen atoms in total. The van der Waals surface area contributed by atoms with Crippen LogP contribution in [0.15, 0.2) is 54.4 Å². The third-order valence-electron chi connectivity index (χ3n) is 7.98. The van der Waals surface area contributed by atoms with E-state index in [0.29, 0.717) is 36.9 Å². The van der Waals surface area contributed by atoms with E-state index in [0.717, 1.165) is 22.6 Å². The van der Waals surface area contributed by atoms with Crippen LogP contribution in [0.2, 0.25) is 0 Å². The Morgan fingerprint density at radius 2 is 2.08 bits per heavy atom. The van der Waals surface area contributed by atoms with Crippen molar-refractivity contribution in [2.45, 2.75) is 53.6 Å². The second kappa shape index (κ2) is 8.55. The zero-order valence-electron chi connectivity index (χ0n) is 21.0. The number of imidazole rings is 1. The van der Waals surface area contributed by atoms with Gasteiger partial charge in [-0.1, -0.05) is 32.1 Å². The Labute approximate surface area is 209 Å². The Bertz CT molecular complexity index is 1440. The highest BCUT2D eigenvalue weighted by Crippen LogP contribution is 2.45. The molecular weight excluding hydrogens is 459 g/mol. The number of nitrogens with one attached hydrogen (secondary N) is 1. The highest BCUT2D eigenvalue weighted by Gasteiger charge is 2.44. The molecular formula is C28H31FN4O3. The summed E-state index contributed by atoms with van der Waals surface area (Å²) in [5.74, 6) is -0.212. The highest BCUT2D eigenvalue weighted by atomic mass is 19.1. The zero-order valence-corrected chi connectivity index (χ0v) is 21.0. The molecule has 2 unspecified atom stereocenters. The summed E-state index contributed by atoms with van der Waals surface area (Å²) in [6.07, 6.45) is 10.4. The first-order valence-electron chi connectivity index (χ1n) is 12.2. The SMILES string of the molecule is Cc1nccn1CC1C(=O)c2c(n(CC3=CCC(C)(C(=O)NO)C=C3)c3ccc(F)cc23)CC1(C)C. The van der Waals surface area contributed by atoms with Gasteiger partial charge in [0.25, 0.3) is 5.91 Å². The lowest BCUT2D eigenvalue weighted by atomic mass is 9.67. The van der Waals surface area contributed by atoms with E-state index in [-0.39, 0.29) is 22.9 Å². The van der Waals surface area contributed by atoms with Crippen LogP contribution in [0.4, 0.5) is 4.39 Å². The largest absolute Gasteiger partial charge is 0.339 e. The standard InChI is InChI=1S/C28H31FN4O3/c1-17-30-11-12-32(17)16-21-25(34)24-20-13-19(29)5-6-22(20)33(23(24)14-27(21,2)3)15-18-7-9-28(4,10-8-18)26(35)31-36/h5-9,11-13,21,36H,10,14-16H2,1-4H3,(H,31,35). The van der Waals surface area contributed by atoms with Crippen LogP contribution in [-0.4, -0.2) is 31.0 Å². The van der Waals surface area contributed by atoms with E-state index < -0.39 is 11.3 Å². The summed E-state index contributed by atoms with van der Waals surface area (Å²) in [6.45, 7) is 8.95. The maximum Gasteiger partial charge on any atom is 0.253 e.